The lowest BCUT2D eigenvalue weighted by Gasteiger charge is -2.17. The first-order valence-electron chi connectivity index (χ1n) is 8.41. The van der Waals surface area contributed by atoms with Gasteiger partial charge in [0, 0.05) is 5.02 Å². The van der Waals surface area contributed by atoms with Crippen LogP contribution in [-0.4, -0.2) is 5.17 Å². The van der Waals surface area contributed by atoms with E-state index in [1.807, 2.05) is 49.4 Å². The highest BCUT2D eigenvalue weighted by molar-refractivity contribution is 8.14. The molecule has 0 fully saturated rings. The van der Waals surface area contributed by atoms with E-state index >= 15 is 0 Å². The van der Waals surface area contributed by atoms with Gasteiger partial charge in [0.25, 0.3) is 0 Å². The molecule has 1 atom stereocenters. The van der Waals surface area contributed by atoms with Crippen molar-refractivity contribution in [3.05, 3.63) is 100 Å². The molecule has 3 rings (SSSR count). The standard InChI is InChI=1S/C22H21ClN2S/c1-15-8-9-16(2)20(14-15)25-22(24)26-21(17-6-4-3-5-7-17)18-10-12-19(23)13-11-18/h3-14,21H,1-2H3,(H2,24,25)/t21-/m0/s1. The average Bonchev–Trinajstić information content (AvgIpc) is 2.64. The molecule has 2 nitrogen and oxygen atoms in total. The van der Waals surface area contributed by atoms with E-state index < -0.39 is 0 Å². The van der Waals surface area contributed by atoms with E-state index in [0.29, 0.717) is 5.17 Å². The highest BCUT2D eigenvalue weighted by Crippen LogP contribution is 2.36. The number of aliphatic imine (C=N–C) groups is 1. The Balaban J connectivity index is 1.94. The molecule has 0 spiro atoms. The molecule has 0 heterocycles. The van der Waals surface area contributed by atoms with Crippen molar-refractivity contribution < 1.29 is 0 Å². The monoisotopic (exact) mass is 380 g/mol. The SMILES string of the molecule is Cc1ccc(C)c(N=C(N)S[C@@H](c2ccccc2)c2ccc(Cl)cc2)c1. The smallest absolute Gasteiger partial charge is 0.160 e. The Morgan fingerprint density at radius 2 is 1.58 bits per heavy atom. The number of benzene rings is 3. The molecule has 0 bridgehead atoms. The molecular weight excluding hydrogens is 360 g/mol. The molecule has 0 aliphatic heterocycles. The Hall–Kier alpha value is -2.23. The van der Waals surface area contributed by atoms with Gasteiger partial charge in [0.1, 0.15) is 0 Å². The minimum Gasteiger partial charge on any atom is -0.378 e. The lowest BCUT2D eigenvalue weighted by Crippen LogP contribution is -2.10. The molecular formula is C22H21ClN2S. The van der Waals surface area contributed by atoms with Crippen LogP contribution < -0.4 is 5.73 Å². The van der Waals surface area contributed by atoms with Gasteiger partial charge in [-0.05, 0) is 54.3 Å². The maximum atomic E-state index is 6.32. The van der Waals surface area contributed by atoms with Gasteiger partial charge in [0.2, 0.25) is 0 Å². The summed E-state index contributed by atoms with van der Waals surface area (Å²) in [6.45, 7) is 4.10. The van der Waals surface area contributed by atoms with Gasteiger partial charge in [0.05, 0.1) is 10.9 Å². The fourth-order valence-corrected chi connectivity index (χ4v) is 3.80. The van der Waals surface area contributed by atoms with Crippen molar-refractivity contribution in [1.29, 1.82) is 0 Å². The second kappa shape index (κ2) is 8.43. The number of hydrogen-bond donors (Lipinski definition) is 1. The zero-order valence-corrected chi connectivity index (χ0v) is 16.4. The molecule has 0 saturated heterocycles. The molecule has 3 aromatic carbocycles. The molecule has 0 aliphatic rings. The highest BCUT2D eigenvalue weighted by atomic mass is 35.5. The van der Waals surface area contributed by atoms with Crippen LogP contribution in [0.2, 0.25) is 5.02 Å². The van der Waals surface area contributed by atoms with Crippen LogP contribution in [-0.2, 0) is 0 Å². The van der Waals surface area contributed by atoms with E-state index in [1.165, 1.54) is 11.1 Å². The van der Waals surface area contributed by atoms with Gasteiger partial charge in [-0.15, -0.1) is 0 Å². The van der Waals surface area contributed by atoms with Crippen LogP contribution in [0, 0.1) is 13.8 Å². The summed E-state index contributed by atoms with van der Waals surface area (Å²) in [6.07, 6.45) is 0. The number of nitrogens with zero attached hydrogens (tertiary/aromatic N) is 1. The summed E-state index contributed by atoms with van der Waals surface area (Å²) in [5.74, 6) is 0. The summed E-state index contributed by atoms with van der Waals surface area (Å²) in [5.41, 5.74) is 11.8. The summed E-state index contributed by atoms with van der Waals surface area (Å²) in [7, 11) is 0. The van der Waals surface area contributed by atoms with E-state index in [2.05, 4.69) is 42.2 Å². The van der Waals surface area contributed by atoms with Crippen molar-refractivity contribution >= 4 is 34.2 Å². The summed E-state index contributed by atoms with van der Waals surface area (Å²) in [6, 6.07) is 24.4. The van der Waals surface area contributed by atoms with Gasteiger partial charge < -0.3 is 5.73 Å². The quantitative estimate of drug-likeness (QED) is 0.418. The lowest BCUT2D eigenvalue weighted by molar-refractivity contribution is 1.16. The number of aryl methyl sites for hydroxylation is 2. The number of hydrogen-bond acceptors (Lipinski definition) is 2. The third-order valence-corrected chi connectivity index (χ3v) is 5.47. The highest BCUT2D eigenvalue weighted by Gasteiger charge is 2.17. The normalized spacial score (nSPS) is 12.8. The van der Waals surface area contributed by atoms with Crippen molar-refractivity contribution in [3.8, 4) is 0 Å². The van der Waals surface area contributed by atoms with E-state index in [9.17, 15) is 0 Å². The van der Waals surface area contributed by atoms with Crippen molar-refractivity contribution in [1.82, 2.24) is 0 Å². The van der Waals surface area contributed by atoms with Crippen LogP contribution in [0.1, 0.15) is 27.5 Å². The Bertz CT molecular complexity index is 905. The van der Waals surface area contributed by atoms with Crippen molar-refractivity contribution in [3.63, 3.8) is 0 Å². The molecule has 0 radical (unpaired) electrons. The number of thioether (sulfide) groups is 1. The first-order chi connectivity index (χ1) is 12.5. The molecule has 0 saturated carbocycles. The van der Waals surface area contributed by atoms with Gasteiger partial charge in [-0.1, -0.05) is 78.0 Å². The fourth-order valence-electron chi connectivity index (χ4n) is 2.70. The molecule has 132 valence electrons. The van der Waals surface area contributed by atoms with E-state index in [0.717, 1.165) is 21.8 Å². The number of halogens is 1. The van der Waals surface area contributed by atoms with Crippen LogP contribution in [0.5, 0.6) is 0 Å². The van der Waals surface area contributed by atoms with Gasteiger partial charge in [-0.2, -0.15) is 0 Å². The maximum absolute atomic E-state index is 6.32. The molecule has 0 aromatic heterocycles. The minimum atomic E-state index is 0.0577. The van der Waals surface area contributed by atoms with Crippen LogP contribution in [0.25, 0.3) is 0 Å². The number of nitrogens with two attached hydrogens (primary N) is 1. The topological polar surface area (TPSA) is 38.4 Å². The van der Waals surface area contributed by atoms with Gasteiger partial charge >= 0.3 is 0 Å². The summed E-state index contributed by atoms with van der Waals surface area (Å²) in [4.78, 5) is 4.66. The molecule has 3 aromatic rings. The predicted molar refractivity (Wildman–Crippen MR) is 115 cm³/mol. The Morgan fingerprint density at radius 1 is 0.923 bits per heavy atom. The third kappa shape index (κ3) is 4.69. The molecule has 4 heteroatoms. The summed E-state index contributed by atoms with van der Waals surface area (Å²) in [5, 5.41) is 1.33. The Labute approximate surface area is 164 Å². The Kier molecular flexibility index (Phi) is 6.02. The second-order valence-electron chi connectivity index (χ2n) is 6.20. The number of rotatable bonds is 4. The summed E-state index contributed by atoms with van der Waals surface area (Å²) < 4.78 is 0. The van der Waals surface area contributed by atoms with Gasteiger partial charge in [0.15, 0.2) is 5.17 Å². The average molecular weight is 381 g/mol. The van der Waals surface area contributed by atoms with E-state index in [-0.39, 0.29) is 5.25 Å². The van der Waals surface area contributed by atoms with Crippen LogP contribution in [0.3, 0.4) is 0 Å². The lowest BCUT2D eigenvalue weighted by atomic mass is 10.0. The molecule has 0 aliphatic carbocycles. The van der Waals surface area contributed by atoms with Crippen LogP contribution in [0.15, 0.2) is 77.8 Å². The first-order valence-corrected chi connectivity index (χ1v) is 9.67. The first kappa shape index (κ1) is 18.6. The summed E-state index contributed by atoms with van der Waals surface area (Å²) >= 11 is 7.60. The maximum Gasteiger partial charge on any atom is 0.160 e. The minimum absolute atomic E-state index is 0.0577. The molecule has 0 amide bonds. The predicted octanol–water partition coefficient (Wildman–Crippen LogP) is 6.43. The van der Waals surface area contributed by atoms with E-state index in [1.54, 1.807) is 11.8 Å². The van der Waals surface area contributed by atoms with Crippen molar-refractivity contribution in [2.24, 2.45) is 10.7 Å². The van der Waals surface area contributed by atoms with E-state index in [4.69, 9.17) is 17.3 Å². The van der Waals surface area contributed by atoms with Gasteiger partial charge in [-0.3, -0.25) is 0 Å². The van der Waals surface area contributed by atoms with Crippen molar-refractivity contribution in [2.45, 2.75) is 19.1 Å². The molecule has 0 unspecified atom stereocenters. The van der Waals surface area contributed by atoms with Crippen LogP contribution >= 0.6 is 23.4 Å². The zero-order chi connectivity index (χ0) is 18.5. The Morgan fingerprint density at radius 3 is 2.27 bits per heavy atom. The van der Waals surface area contributed by atoms with Crippen molar-refractivity contribution in [2.75, 3.05) is 0 Å². The largest absolute Gasteiger partial charge is 0.378 e. The zero-order valence-electron chi connectivity index (χ0n) is 14.8. The third-order valence-electron chi connectivity index (χ3n) is 4.11. The fraction of sp³-hybridized carbons (Fsp3) is 0.136. The van der Waals surface area contributed by atoms with Crippen LogP contribution in [0.4, 0.5) is 5.69 Å². The molecule has 2 N–H and O–H groups in total. The number of amidine groups is 1. The molecule has 26 heavy (non-hydrogen) atoms. The second-order valence-corrected chi connectivity index (χ2v) is 7.76. The van der Waals surface area contributed by atoms with Gasteiger partial charge in [-0.25, -0.2) is 4.99 Å².